The van der Waals surface area contributed by atoms with Crippen molar-refractivity contribution in [3.05, 3.63) is 34.4 Å². The Hall–Kier alpha value is -1.42. The summed E-state index contributed by atoms with van der Waals surface area (Å²) in [6, 6.07) is 8.22. The Morgan fingerprint density at radius 1 is 1.37 bits per heavy atom. The number of nitrogens with one attached hydrogen (secondary N) is 1. The topological polar surface area (TPSA) is 42.0 Å². The quantitative estimate of drug-likeness (QED) is 0.842. The lowest BCUT2D eigenvalue weighted by Crippen LogP contribution is -2.24. The van der Waals surface area contributed by atoms with E-state index in [1.165, 1.54) is 10.9 Å². The van der Waals surface area contributed by atoms with Crippen LogP contribution in [0.25, 0.3) is 10.8 Å². The van der Waals surface area contributed by atoms with Crippen molar-refractivity contribution in [1.29, 1.82) is 0 Å². The number of fused-ring (bicyclic) bond motifs is 3. The van der Waals surface area contributed by atoms with E-state index in [0.29, 0.717) is 6.42 Å². The van der Waals surface area contributed by atoms with E-state index < -0.39 is 0 Å². The minimum Gasteiger partial charge on any atom is -0.310 e. The molecule has 0 spiro atoms. The van der Waals surface area contributed by atoms with Gasteiger partial charge in [-0.25, -0.2) is 4.98 Å². The Bertz CT molecular complexity index is 654. The van der Waals surface area contributed by atoms with Gasteiger partial charge in [0.25, 0.3) is 0 Å². The number of pyridine rings is 1. The Labute approximate surface area is 120 Å². The summed E-state index contributed by atoms with van der Waals surface area (Å²) in [5.74, 6) is 1.07. The molecule has 1 aliphatic rings. The lowest BCUT2D eigenvalue weighted by Gasteiger charge is -2.26. The van der Waals surface area contributed by atoms with Crippen LogP contribution in [0.5, 0.6) is 0 Å². The molecule has 98 valence electrons. The van der Waals surface area contributed by atoms with E-state index in [1.54, 1.807) is 0 Å². The zero-order valence-corrected chi connectivity index (χ0v) is 12.3. The summed E-state index contributed by atoms with van der Waals surface area (Å²) in [7, 11) is 0. The standard InChI is InChI=1S/C15H15BrN2O/c1-2-5-9-8-12(19)17-15-13(9)10-6-3-4-7-11(10)14(16)18-15/h3-4,6-7,9H,2,5,8H2,1H3,(H,17,18,19). The molecule has 1 amide bonds. The van der Waals surface area contributed by atoms with Crippen molar-refractivity contribution in [1.82, 2.24) is 4.98 Å². The SMILES string of the molecule is CCCC1CC(=O)Nc2nc(Br)c3ccccc3c21. The van der Waals surface area contributed by atoms with Gasteiger partial charge in [0.05, 0.1) is 0 Å². The number of rotatable bonds is 2. The molecule has 19 heavy (non-hydrogen) atoms. The number of halogens is 1. The van der Waals surface area contributed by atoms with Crippen molar-refractivity contribution in [2.45, 2.75) is 32.1 Å². The average Bonchev–Trinajstić information content (AvgIpc) is 2.38. The van der Waals surface area contributed by atoms with Crippen LogP contribution in [0.4, 0.5) is 5.82 Å². The normalized spacial score (nSPS) is 18.2. The predicted molar refractivity (Wildman–Crippen MR) is 80.3 cm³/mol. The lowest BCUT2D eigenvalue weighted by molar-refractivity contribution is -0.116. The molecule has 3 rings (SSSR count). The second kappa shape index (κ2) is 4.93. The van der Waals surface area contributed by atoms with Gasteiger partial charge in [0.15, 0.2) is 0 Å². The predicted octanol–water partition coefficient (Wildman–Crippen LogP) is 4.22. The van der Waals surface area contributed by atoms with E-state index in [4.69, 9.17) is 0 Å². The second-order valence-corrected chi connectivity index (χ2v) is 5.70. The zero-order valence-electron chi connectivity index (χ0n) is 10.7. The molecule has 0 fully saturated rings. The third-order valence-electron chi connectivity index (χ3n) is 3.64. The van der Waals surface area contributed by atoms with Crippen LogP contribution >= 0.6 is 15.9 Å². The fourth-order valence-corrected chi connectivity index (χ4v) is 3.38. The Kier molecular flexibility index (Phi) is 3.27. The number of amides is 1. The van der Waals surface area contributed by atoms with Gasteiger partial charge in [-0.2, -0.15) is 0 Å². The maximum atomic E-state index is 11.8. The number of hydrogen-bond donors (Lipinski definition) is 1. The van der Waals surface area contributed by atoms with Gasteiger partial charge in [-0.1, -0.05) is 37.6 Å². The number of anilines is 1. The zero-order chi connectivity index (χ0) is 13.4. The largest absolute Gasteiger partial charge is 0.310 e. The second-order valence-electron chi connectivity index (χ2n) is 4.95. The molecule has 2 heterocycles. The van der Waals surface area contributed by atoms with Crippen LogP contribution in [0.2, 0.25) is 0 Å². The molecular weight excluding hydrogens is 304 g/mol. The smallest absolute Gasteiger partial charge is 0.226 e. The first-order chi connectivity index (χ1) is 9.20. The van der Waals surface area contributed by atoms with Gasteiger partial charge >= 0.3 is 0 Å². The molecule has 0 saturated heterocycles. The highest BCUT2D eigenvalue weighted by Crippen LogP contribution is 2.40. The lowest BCUT2D eigenvalue weighted by atomic mass is 9.86. The minimum absolute atomic E-state index is 0.0700. The molecule has 0 radical (unpaired) electrons. The average molecular weight is 319 g/mol. The molecule has 2 aromatic rings. The highest BCUT2D eigenvalue weighted by Gasteiger charge is 2.28. The minimum atomic E-state index is 0.0700. The van der Waals surface area contributed by atoms with Gasteiger partial charge in [0.2, 0.25) is 5.91 Å². The molecule has 1 aromatic heterocycles. The van der Waals surface area contributed by atoms with E-state index in [9.17, 15) is 4.79 Å². The van der Waals surface area contributed by atoms with Crippen molar-refractivity contribution >= 4 is 38.4 Å². The van der Waals surface area contributed by atoms with Crippen LogP contribution in [0, 0.1) is 0 Å². The van der Waals surface area contributed by atoms with Crippen LogP contribution in [0.1, 0.15) is 37.7 Å². The van der Waals surface area contributed by atoms with Gasteiger partial charge < -0.3 is 5.32 Å². The third-order valence-corrected chi connectivity index (χ3v) is 4.24. The monoisotopic (exact) mass is 318 g/mol. The summed E-state index contributed by atoms with van der Waals surface area (Å²) in [4.78, 5) is 16.3. The van der Waals surface area contributed by atoms with E-state index in [-0.39, 0.29) is 11.8 Å². The van der Waals surface area contributed by atoms with Crippen LogP contribution in [-0.4, -0.2) is 10.9 Å². The molecule has 0 aliphatic carbocycles. The molecule has 0 saturated carbocycles. The first-order valence-electron chi connectivity index (χ1n) is 6.58. The molecule has 1 N–H and O–H groups in total. The third kappa shape index (κ3) is 2.14. The van der Waals surface area contributed by atoms with Crippen LogP contribution < -0.4 is 5.32 Å². The van der Waals surface area contributed by atoms with Gasteiger partial charge in [-0.15, -0.1) is 0 Å². The summed E-state index contributed by atoms with van der Waals surface area (Å²) in [5.41, 5.74) is 1.19. The molecule has 1 atom stereocenters. The fraction of sp³-hybridized carbons (Fsp3) is 0.333. The molecule has 3 nitrogen and oxygen atoms in total. The van der Waals surface area contributed by atoms with Crippen molar-refractivity contribution in [3.63, 3.8) is 0 Å². The van der Waals surface area contributed by atoms with Crippen LogP contribution in [-0.2, 0) is 4.79 Å². The van der Waals surface area contributed by atoms with Gasteiger partial charge in [0, 0.05) is 17.4 Å². The van der Waals surface area contributed by atoms with Crippen LogP contribution in [0.15, 0.2) is 28.9 Å². The maximum Gasteiger partial charge on any atom is 0.226 e. The number of nitrogens with zero attached hydrogens (tertiary/aromatic N) is 1. The van der Waals surface area contributed by atoms with Crippen molar-refractivity contribution in [2.24, 2.45) is 0 Å². The number of hydrogen-bond acceptors (Lipinski definition) is 2. The van der Waals surface area contributed by atoms with Crippen molar-refractivity contribution in [3.8, 4) is 0 Å². The summed E-state index contributed by atoms with van der Waals surface area (Å²) < 4.78 is 0.791. The molecule has 4 heteroatoms. The van der Waals surface area contributed by atoms with Crippen molar-refractivity contribution in [2.75, 3.05) is 5.32 Å². The van der Waals surface area contributed by atoms with E-state index in [1.807, 2.05) is 12.1 Å². The first-order valence-corrected chi connectivity index (χ1v) is 7.38. The first kappa shape index (κ1) is 12.6. The highest BCUT2D eigenvalue weighted by atomic mass is 79.9. The Balaban J connectivity index is 2.28. The molecular formula is C15H15BrN2O. The number of carbonyl (C=O) groups is 1. The fourth-order valence-electron chi connectivity index (χ4n) is 2.86. The van der Waals surface area contributed by atoms with E-state index in [2.05, 4.69) is 45.3 Å². The molecule has 0 bridgehead atoms. The summed E-state index contributed by atoms with van der Waals surface area (Å²) in [6.45, 7) is 2.15. The Morgan fingerprint density at radius 2 is 2.11 bits per heavy atom. The van der Waals surface area contributed by atoms with Crippen molar-refractivity contribution < 1.29 is 4.79 Å². The number of benzene rings is 1. The molecule has 1 unspecified atom stereocenters. The molecule has 1 aromatic carbocycles. The Morgan fingerprint density at radius 3 is 2.84 bits per heavy atom. The van der Waals surface area contributed by atoms with Gasteiger partial charge in [-0.3, -0.25) is 4.79 Å². The molecule has 1 aliphatic heterocycles. The number of aromatic nitrogens is 1. The van der Waals surface area contributed by atoms with E-state index >= 15 is 0 Å². The summed E-state index contributed by atoms with van der Waals surface area (Å²) in [6.07, 6.45) is 2.66. The highest BCUT2D eigenvalue weighted by molar-refractivity contribution is 9.10. The number of carbonyl (C=O) groups excluding carboxylic acids is 1. The summed E-state index contributed by atoms with van der Waals surface area (Å²) >= 11 is 3.49. The van der Waals surface area contributed by atoms with Gasteiger partial charge in [0.1, 0.15) is 10.4 Å². The maximum absolute atomic E-state index is 11.8. The summed E-state index contributed by atoms with van der Waals surface area (Å²) in [5, 5.41) is 5.20. The van der Waals surface area contributed by atoms with E-state index in [0.717, 1.165) is 28.6 Å². The van der Waals surface area contributed by atoms with Crippen LogP contribution in [0.3, 0.4) is 0 Å². The van der Waals surface area contributed by atoms with Gasteiger partial charge in [-0.05, 0) is 33.7 Å².